The molecular formula is C25H22N2O3S. The second kappa shape index (κ2) is 8.62. The average Bonchev–Trinajstić information content (AvgIpc) is 2.78. The van der Waals surface area contributed by atoms with Crippen LogP contribution in [0.3, 0.4) is 0 Å². The van der Waals surface area contributed by atoms with Crippen LogP contribution < -0.4 is 9.62 Å². The van der Waals surface area contributed by atoms with Crippen molar-refractivity contribution in [1.29, 1.82) is 0 Å². The van der Waals surface area contributed by atoms with Crippen LogP contribution in [0.2, 0.25) is 0 Å². The summed E-state index contributed by atoms with van der Waals surface area (Å²) < 4.78 is 27.9. The molecule has 0 radical (unpaired) electrons. The number of carbonyl (C=O) groups is 1. The van der Waals surface area contributed by atoms with Crippen LogP contribution in [0, 0.1) is 6.92 Å². The molecule has 0 aliphatic rings. The molecule has 5 nitrogen and oxygen atoms in total. The molecule has 0 saturated heterocycles. The molecule has 0 fully saturated rings. The summed E-state index contributed by atoms with van der Waals surface area (Å²) in [6.45, 7) is 1.55. The molecule has 0 bridgehead atoms. The van der Waals surface area contributed by atoms with Gasteiger partial charge < -0.3 is 5.32 Å². The van der Waals surface area contributed by atoms with Crippen LogP contribution in [0.5, 0.6) is 0 Å². The zero-order chi connectivity index (χ0) is 21.8. The van der Waals surface area contributed by atoms with Gasteiger partial charge in [-0.3, -0.25) is 9.10 Å². The SMILES string of the molecule is Cc1ccc(S(=O)(=O)N(CC(=O)Nc2cccc3ccccc23)c2ccccc2)cc1. The molecule has 0 saturated carbocycles. The maximum Gasteiger partial charge on any atom is 0.264 e. The third-order valence-corrected chi connectivity index (χ3v) is 6.79. The van der Waals surface area contributed by atoms with Crippen LogP contribution >= 0.6 is 0 Å². The van der Waals surface area contributed by atoms with Crippen molar-refractivity contribution in [3.05, 3.63) is 103 Å². The number of hydrogen-bond acceptors (Lipinski definition) is 3. The number of rotatable bonds is 6. The standard InChI is InChI=1S/C25H22N2O3S/c1-19-14-16-22(17-15-19)31(29,30)27(21-10-3-2-4-11-21)18-25(28)26-24-13-7-9-20-8-5-6-12-23(20)24/h2-17H,18H2,1H3,(H,26,28). The van der Waals surface area contributed by atoms with Crippen molar-refractivity contribution in [2.75, 3.05) is 16.2 Å². The van der Waals surface area contributed by atoms with E-state index in [2.05, 4.69) is 5.32 Å². The van der Waals surface area contributed by atoms with Gasteiger partial charge in [0.15, 0.2) is 0 Å². The Bertz CT molecular complexity index is 1310. The van der Waals surface area contributed by atoms with Crippen LogP contribution in [0.15, 0.2) is 102 Å². The highest BCUT2D eigenvalue weighted by atomic mass is 32.2. The molecule has 31 heavy (non-hydrogen) atoms. The minimum atomic E-state index is -3.93. The molecule has 6 heteroatoms. The van der Waals surface area contributed by atoms with Crippen molar-refractivity contribution in [2.24, 2.45) is 0 Å². The highest BCUT2D eigenvalue weighted by Crippen LogP contribution is 2.25. The first-order valence-corrected chi connectivity index (χ1v) is 11.3. The molecule has 1 N–H and O–H groups in total. The van der Waals surface area contributed by atoms with Gasteiger partial charge in [0.2, 0.25) is 5.91 Å². The second-order valence-electron chi connectivity index (χ2n) is 7.24. The van der Waals surface area contributed by atoms with Crippen molar-refractivity contribution in [2.45, 2.75) is 11.8 Å². The van der Waals surface area contributed by atoms with Gasteiger partial charge in [-0.05, 0) is 42.6 Å². The summed E-state index contributed by atoms with van der Waals surface area (Å²) in [5.41, 5.74) is 2.03. The topological polar surface area (TPSA) is 66.5 Å². The lowest BCUT2D eigenvalue weighted by Gasteiger charge is -2.24. The third-order valence-electron chi connectivity index (χ3n) is 5.00. The predicted octanol–water partition coefficient (Wildman–Crippen LogP) is 4.98. The maximum atomic E-state index is 13.4. The minimum absolute atomic E-state index is 0.139. The zero-order valence-corrected chi connectivity index (χ0v) is 17.8. The summed E-state index contributed by atoms with van der Waals surface area (Å²) in [6.07, 6.45) is 0. The van der Waals surface area contributed by atoms with Crippen molar-refractivity contribution in [1.82, 2.24) is 0 Å². The molecular weight excluding hydrogens is 408 g/mol. The monoisotopic (exact) mass is 430 g/mol. The number of hydrogen-bond donors (Lipinski definition) is 1. The van der Waals surface area contributed by atoms with Crippen molar-refractivity contribution in [3.63, 3.8) is 0 Å². The van der Waals surface area contributed by atoms with Crippen LogP contribution in [-0.2, 0) is 14.8 Å². The predicted molar refractivity (Wildman–Crippen MR) is 125 cm³/mol. The Labute approximate surface area is 182 Å². The van der Waals surface area contributed by atoms with Crippen LogP contribution in [0.25, 0.3) is 10.8 Å². The first kappa shape index (κ1) is 20.6. The number of para-hydroxylation sites is 1. The van der Waals surface area contributed by atoms with E-state index >= 15 is 0 Å². The molecule has 0 atom stereocenters. The van der Waals surface area contributed by atoms with E-state index < -0.39 is 15.9 Å². The van der Waals surface area contributed by atoms with E-state index in [9.17, 15) is 13.2 Å². The van der Waals surface area contributed by atoms with E-state index in [-0.39, 0.29) is 11.4 Å². The smallest absolute Gasteiger partial charge is 0.264 e. The summed E-state index contributed by atoms with van der Waals surface area (Å²) in [4.78, 5) is 13.1. The number of amides is 1. The van der Waals surface area contributed by atoms with Gasteiger partial charge in [-0.2, -0.15) is 0 Å². The third kappa shape index (κ3) is 4.44. The fraction of sp³-hybridized carbons (Fsp3) is 0.0800. The molecule has 0 heterocycles. The van der Waals surface area contributed by atoms with E-state index in [0.717, 1.165) is 20.6 Å². The van der Waals surface area contributed by atoms with E-state index in [4.69, 9.17) is 0 Å². The number of benzene rings is 4. The number of carbonyl (C=O) groups excluding carboxylic acids is 1. The molecule has 0 aromatic heterocycles. The lowest BCUT2D eigenvalue weighted by molar-refractivity contribution is -0.114. The Morgan fingerprint density at radius 2 is 1.45 bits per heavy atom. The van der Waals surface area contributed by atoms with Gasteiger partial charge in [0.1, 0.15) is 6.54 Å². The van der Waals surface area contributed by atoms with E-state index in [1.54, 1.807) is 54.6 Å². The van der Waals surface area contributed by atoms with E-state index in [1.165, 1.54) is 0 Å². The van der Waals surface area contributed by atoms with Crippen molar-refractivity contribution >= 4 is 38.1 Å². The van der Waals surface area contributed by atoms with Gasteiger partial charge >= 0.3 is 0 Å². The highest BCUT2D eigenvalue weighted by Gasteiger charge is 2.27. The van der Waals surface area contributed by atoms with Crippen molar-refractivity contribution in [3.8, 4) is 0 Å². The summed E-state index contributed by atoms with van der Waals surface area (Å²) in [5, 5.41) is 4.76. The fourth-order valence-corrected chi connectivity index (χ4v) is 4.82. The molecule has 156 valence electrons. The summed E-state index contributed by atoms with van der Waals surface area (Å²) in [5.74, 6) is -0.420. The number of fused-ring (bicyclic) bond motifs is 1. The quantitative estimate of drug-likeness (QED) is 0.469. The number of sulfonamides is 1. The Balaban J connectivity index is 1.66. The second-order valence-corrected chi connectivity index (χ2v) is 9.10. The number of anilines is 2. The first-order chi connectivity index (χ1) is 14.9. The Morgan fingerprint density at radius 3 is 2.19 bits per heavy atom. The Kier molecular flexibility index (Phi) is 5.73. The van der Waals surface area contributed by atoms with E-state index in [1.807, 2.05) is 49.4 Å². The lowest BCUT2D eigenvalue weighted by Crippen LogP contribution is -2.38. The average molecular weight is 431 g/mol. The largest absolute Gasteiger partial charge is 0.324 e. The molecule has 0 aliphatic carbocycles. The number of nitrogens with one attached hydrogen (secondary N) is 1. The van der Waals surface area contributed by atoms with Gasteiger partial charge in [-0.15, -0.1) is 0 Å². The molecule has 0 spiro atoms. The lowest BCUT2D eigenvalue weighted by atomic mass is 10.1. The number of nitrogens with zero attached hydrogens (tertiary/aromatic N) is 1. The molecule has 0 aliphatic heterocycles. The Morgan fingerprint density at radius 1 is 0.806 bits per heavy atom. The zero-order valence-electron chi connectivity index (χ0n) is 17.0. The number of aryl methyl sites for hydroxylation is 1. The van der Waals surface area contributed by atoms with Crippen LogP contribution in [0.1, 0.15) is 5.56 Å². The van der Waals surface area contributed by atoms with Gasteiger partial charge in [0.25, 0.3) is 10.0 Å². The van der Waals surface area contributed by atoms with Crippen molar-refractivity contribution < 1.29 is 13.2 Å². The molecule has 4 rings (SSSR count). The molecule has 4 aromatic rings. The first-order valence-electron chi connectivity index (χ1n) is 9.87. The van der Waals surface area contributed by atoms with Crippen LogP contribution in [0.4, 0.5) is 11.4 Å². The Hall–Kier alpha value is -3.64. The van der Waals surface area contributed by atoms with Gasteiger partial charge in [0, 0.05) is 11.1 Å². The minimum Gasteiger partial charge on any atom is -0.324 e. The van der Waals surface area contributed by atoms with Gasteiger partial charge in [-0.1, -0.05) is 72.3 Å². The summed E-state index contributed by atoms with van der Waals surface area (Å²) in [7, 11) is -3.93. The van der Waals surface area contributed by atoms with E-state index in [0.29, 0.717) is 11.4 Å². The fourth-order valence-electron chi connectivity index (χ4n) is 3.40. The highest BCUT2D eigenvalue weighted by molar-refractivity contribution is 7.92. The summed E-state index contributed by atoms with van der Waals surface area (Å²) >= 11 is 0. The van der Waals surface area contributed by atoms with Gasteiger partial charge in [-0.25, -0.2) is 8.42 Å². The molecule has 4 aromatic carbocycles. The molecule has 0 unspecified atom stereocenters. The summed E-state index contributed by atoms with van der Waals surface area (Å²) in [6, 6.07) is 28.6. The maximum absolute atomic E-state index is 13.4. The van der Waals surface area contributed by atoms with Crippen LogP contribution in [-0.4, -0.2) is 20.9 Å². The normalized spacial score (nSPS) is 11.3. The van der Waals surface area contributed by atoms with Gasteiger partial charge in [0.05, 0.1) is 10.6 Å². The molecule has 1 amide bonds.